The summed E-state index contributed by atoms with van der Waals surface area (Å²) in [5.74, 6) is -0.407. The lowest BCUT2D eigenvalue weighted by molar-refractivity contribution is -0.891. The Bertz CT molecular complexity index is 639. The zero-order valence-corrected chi connectivity index (χ0v) is 11.6. The van der Waals surface area contributed by atoms with Gasteiger partial charge in [-0.05, 0) is 11.1 Å². The molecule has 0 amide bonds. The molecule has 2 aromatic rings. The van der Waals surface area contributed by atoms with Gasteiger partial charge in [-0.2, -0.15) is 0 Å². The van der Waals surface area contributed by atoms with Crippen molar-refractivity contribution >= 4 is 10.1 Å². The molecule has 20 heavy (non-hydrogen) atoms. The van der Waals surface area contributed by atoms with Gasteiger partial charge in [-0.25, -0.2) is 8.42 Å². The maximum atomic E-state index is 10.4. The fraction of sp³-hybridized carbons (Fsp3) is 0.214. The van der Waals surface area contributed by atoms with E-state index in [0.29, 0.717) is 0 Å². The molecular formula is C14H15NO4S. The molecule has 0 N–H and O–H groups in total. The molecule has 0 spiro atoms. The SMILES string of the molecule is O=S(=O)([O-])CCCO[n+]1ccc(-c2ccccc2)cc1. The second-order valence-electron chi connectivity index (χ2n) is 4.26. The van der Waals surface area contributed by atoms with Crippen LogP contribution in [0.1, 0.15) is 6.42 Å². The zero-order valence-electron chi connectivity index (χ0n) is 10.8. The maximum Gasteiger partial charge on any atom is 0.223 e. The molecule has 0 aliphatic carbocycles. The van der Waals surface area contributed by atoms with E-state index in [1.54, 1.807) is 12.4 Å². The van der Waals surface area contributed by atoms with Gasteiger partial charge in [0.25, 0.3) is 0 Å². The van der Waals surface area contributed by atoms with E-state index in [9.17, 15) is 13.0 Å². The molecular weight excluding hydrogens is 278 g/mol. The highest BCUT2D eigenvalue weighted by molar-refractivity contribution is 7.85. The van der Waals surface area contributed by atoms with Crippen LogP contribution in [0.2, 0.25) is 0 Å². The fourth-order valence-corrected chi connectivity index (χ4v) is 2.20. The standard InChI is InChI=1S/C14H15NO4S/c16-20(17,18)12-4-11-19-15-9-7-14(8-10-15)13-5-2-1-3-6-13/h1-3,5-10H,4,11-12H2. The van der Waals surface area contributed by atoms with E-state index in [1.165, 1.54) is 4.73 Å². The Morgan fingerprint density at radius 1 is 1.00 bits per heavy atom. The third-order valence-corrected chi connectivity index (χ3v) is 3.48. The summed E-state index contributed by atoms with van der Waals surface area (Å²) in [4.78, 5) is 5.31. The second kappa shape index (κ2) is 6.49. The molecule has 0 aliphatic heterocycles. The number of rotatable bonds is 6. The van der Waals surface area contributed by atoms with Crippen molar-refractivity contribution in [3.8, 4) is 11.1 Å². The number of hydrogen-bond donors (Lipinski definition) is 0. The van der Waals surface area contributed by atoms with E-state index in [-0.39, 0.29) is 13.0 Å². The molecule has 0 unspecified atom stereocenters. The average Bonchev–Trinajstić information content (AvgIpc) is 2.44. The molecule has 0 aliphatic rings. The highest BCUT2D eigenvalue weighted by Crippen LogP contribution is 2.16. The molecule has 0 saturated heterocycles. The zero-order chi connectivity index (χ0) is 14.4. The topological polar surface area (TPSA) is 70.3 Å². The highest BCUT2D eigenvalue weighted by atomic mass is 32.2. The number of aromatic nitrogens is 1. The van der Waals surface area contributed by atoms with Crippen LogP contribution in [0, 0.1) is 0 Å². The van der Waals surface area contributed by atoms with E-state index >= 15 is 0 Å². The van der Waals surface area contributed by atoms with Crippen LogP contribution in [-0.4, -0.2) is 25.3 Å². The van der Waals surface area contributed by atoms with Gasteiger partial charge in [-0.1, -0.05) is 30.3 Å². The van der Waals surface area contributed by atoms with Crippen molar-refractivity contribution in [3.05, 3.63) is 54.9 Å². The second-order valence-corrected chi connectivity index (χ2v) is 5.78. The van der Waals surface area contributed by atoms with Crippen molar-refractivity contribution in [2.24, 2.45) is 0 Å². The van der Waals surface area contributed by atoms with Crippen LogP contribution in [0.15, 0.2) is 54.9 Å². The summed E-state index contributed by atoms with van der Waals surface area (Å²) in [6.07, 6.45) is 3.67. The molecule has 1 aromatic heterocycles. The first-order valence-electron chi connectivity index (χ1n) is 6.18. The Hall–Kier alpha value is -1.92. The van der Waals surface area contributed by atoms with Crippen molar-refractivity contribution in [2.45, 2.75) is 6.42 Å². The summed E-state index contributed by atoms with van der Waals surface area (Å²) >= 11 is 0. The predicted molar refractivity (Wildman–Crippen MR) is 72.7 cm³/mol. The van der Waals surface area contributed by atoms with Crippen LogP contribution in [0.4, 0.5) is 0 Å². The van der Waals surface area contributed by atoms with Crippen molar-refractivity contribution in [1.29, 1.82) is 0 Å². The minimum absolute atomic E-state index is 0.177. The van der Waals surface area contributed by atoms with E-state index in [0.717, 1.165) is 11.1 Å². The van der Waals surface area contributed by atoms with Gasteiger partial charge in [0.15, 0.2) is 6.61 Å². The Morgan fingerprint density at radius 3 is 2.20 bits per heavy atom. The number of hydrogen-bond acceptors (Lipinski definition) is 4. The van der Waals surface area contributed by atoms with Gasteiger partial charge in [0.1, 0.15) is 0 Å². The normalized spacial score (nSPS) is 11.2. The summed E-state index contributed by atoms with van der Waals surface area (Å²) in [6, 6.07) is 13.7. The Kier molecular flexibility index (Phi) is 4.70. The van der Waals surface area contributed by atoms with Crippen LogP contribution in [-0.2, 0) is 10.1 Å². The van der Waals surface area contributed by atoms with Crippen LogP contribution >= 0.6 is 0 Å². The Balaban J connectivity index is 1.89. The Morgan fingerprint density at radius 2 is 1.60 bits per heavy atom. The molecule has 2 rings (SSSR count). The first-order valence-corrected chi connectivity index (χ1v) is 7.76. The molecule has 0 radical (unpaired) electrons. The van der Waals surface area contributed by atoms with Crippen LogP contribution in [0.25, 0.3) is 11.1 Å². The predicted octanol–water partition coefficient (Wildman–Crippen LogP) is 1.01. The lowest BCUT2D eigenvalue weighted by atomic mass is 10.1. The lowest BCUT2D eigenvalue weighted by Gasteiger charge is -2.04. The van der Waals surface area contributed by atoms with Crippen molar-refractivity contribution in [2.75, 3.05) is 12.4 Å². The summed E-state index contributed by atoms with van der Waals surface area (Å²) in [5.41, 5.74) is 2.17. The van der Waals surface area contributed by atoms with Crippen molar-refractivity contribution in [3.63, 3.8) is 0 Å². The minimum atomic E-state index is -4.16. The van der Waals surface area contributed by atoms with Gasteiger partial charge >= 0.3 is 0 Å². The van der Waals surface area contributed by atoms with Gasteiger partial charge in [-0.15, -0.1) is 0 Å². The molecule has 0 fully saturated rings. The molecule has 0 atom stereocenters. The van der Waals surface area contributed by atoms with Gasteiger partial charge in [-0.3, -0.25) is 4.84 Å². The Labute approximate surface area is 118 Å². The summed E-state index contributed by atoms with van der Waals surface area (Å²) < 4.78 is 32.8. The molecule has 1 heterocycles. The fourth-order valence-electron chi connectivity index (χ4n) is 1.73. The third-order valence-electron chi connectivity index (χ3n) is 2.69. The molecule has 0 saturated carbocycles. The smallest absolute Gasteiger partial charge is 0.223 e. The van der Waals surface area contributed by atoms with Gasteiger partial charge in [0, 0.05) is 29.0 Å². The molecule has 6 heteroatoms. The summed E-state index contributed by atoms with van der Waals surface area (Å²) in [6.45, 7) is 0.177. The van der Waals surface area contributed by atoms with E-state index < -0.39 is 15.9 Å². The van der Waals surface area contributed by atoms with E-state index in [4.69, 9.17) is 4.84 Å². The van der Waals surface area contributed by atoms with Crippen molar-refractivity contribution in [1.82, 2.24) is 0 Å². The van der Waals surface area contributed by atoms with Crippen molar-refractivity contribution < 1.29 is 22.5 Å². The van der Waals surface area contributed by atoms with Crippen LogP contribution in [0.5, 0.6) is 0 Å². The maximum absolute atomic E-state index is 10.4. The number of nitrogens with zero attached hydrogens (tertiary/aromatic N) is 1. The van der Waals surface area contributed by atoms with Crippen LogP contribution in [0.3, 0.4) is 0 Å². The van der Waals surface area contributed by atoms with E-state index in [1.807, 2.05) is 42.5 Å². The molecule has 1 aromatic carbocycles. The number of benzene rings is 1. The summed E-state index contributed by atoms with van der Waals surface area (Å²) in [5, 5.41) is 0. The average molecular weight is 293 g/mol. The highest BCUT2D eigenvalue weighted by Gasteiger charge is 2.04. The molecule has 106 valence electrons. The third kappa shape index (κ3) is 4.64. The monoisotopic (exact) mass is 293 g/mol. The largest absolute Gasteiger partial charge is 0.748 e. The first-order chi connectivity index (χ1) is 9.54. The van der Waals surface area contributed by atoms with Crippen LogP contribution < -0.4 is 9.57 Å². The quantitative estimate of drug-likeness (QED) is 0.453. The minimum Gasteiger partial charge on any atom is -0.748 e. The first kappa shape index (κ1) is 14.5. The van der Waals surface area contributed by atoms with Gasteiger partial charge in [0.2, 0.25) is 12.4 Å². The summed E-state index contributed by atoms with van der Waals surface area (Å²) in [7, 11) is -4.16. The number of pyridine rings is 1. The van der Waals surface area contributed by atoms with Gasteiger partial charge in [0.05, 0.1) is 10.1 Å². The van der Waals surface area contributed by atoms with E-state index in [2.05, 4.69) is 0 Å². The lowest BCUT2D eigenvalue weighted by Crippen LogP contribution is -2.42. The molecule has 0 bridgehead atoms. The molecule has 5 nitrogen and oxygen atoms in total. The van der Waals surface area contributed by atoms with Gasteiger partial charge < -0.3 is 4.55 Å².